The molecule has 2 aliphatic rings. The van der Waals surface area contributed by atoms with Crippen LogP contribution in [0.4, 0.5) is 5.69 Å². The third-order valence-corrected chi connectivity index (χ3v) is 5.59. The van der Waals surface area contributed by atoms with Gasteiger partial charge in [0.2, 0.25) is 5.91 Å². The number of amides is 1. The SMILES string of the molecule is O=C(CCNc1ccc2c(c1)OCCO2)NC1CCS(=O)(=O)C1. The smallest absolute Gasteiger partial charge is 0.222 e. The quantitative estimate of drug-likeness (QED) is 0.814. The van der Waals surface area contributed by atoms with Gasteiger partial charge in [-0.3, -0.25) is 4.79 Å². The average molecular weight is 340 g/mol. The predicted molar refractivity (Wildman–Crippen MR) is 85.7 cm³/mol. The van der Waals surface area contributed by atoms with Crippen LogP contribution >= 0.6 is 0 Å². The molecule has 1 aromatic carbocycles. The van der Waals surface area contributed by atoms with E-state index >= 15 is 0 Å². The molecule has 1 fully saturated rings. The molecule has 23 heavy (non-hydrogen) atoms. The van der Waals surface area contributed by atoms with Gasteiger partial charge in [0.15, 0.2) is 21.3 Å². The lowest BCUT2D eigenvalue weighted by molar-refractivity contribution is -0.121. The minimum Gasteiger partial charge on any atom is -0.486 e. The largest absolute Gasteiger partial charge is 0.486 e. The van der Waals surface area contributed by atoms with Gasteiger partial charge in [-0.25, -0.2) is 8.42 Å². The summed E-state index contributed by atoms with van der Waals surface area (Å²) in [5, 5.41) is 5.92. The number of fused-ring (bicyclic) bond motifs is 1. The normalized spacial score (nSPS) is 21.7. The van der Waals surface area contributed by atoms with E-state index in [0.29, 0.717) is 31.9 Å². The molecular weight excluding hydrogens is 320 g/mol. The van der Waals surface area contributed by atoms with Crippen molar-refractivity contribution in [3.8, 4) is 11.5 Å². The van der Waals surface area contributed by atoms with Gasteiger partial charge in [-0.1, -0.05) is 0 Å². The Labute approximate surface area is 135 Å². The van der Waals surface area contributed by atoms with Crippen molar-refractivity contribution in [2.45, 2.75) is 18.9 Å². The zero-order valence-electron chi connectivity index (χ0n) is 12.7. The first-order valence-corrected chi connectivity index (χ1v) is 9.47. The number of sulfone groups is 1. The number of rotatable bonds is 5. The lowest BCUT2D eigenvalue weighted by Gasteiger charge is -2.19. The van der Waals surface area contributed by atoms with Crippen LogP contribution in [0.2, 0.25) is 0 Å². The summed E-state index contributed by atoms with van der Waals surface area (Å²) in [5.74, 6) is 1.49. The second kappa shape index (κ2) is 6.66. The standard InChI is InChI=1S/C15H20N2O5S/c18-15(17-12-4-8-23(19,20)10-12)3-5-16-11-1-2-13-14(9-11)22-7-6-21-13/h1-2,9,12,16H,3-8,10H2,(H,17,18). The molecule has 1 saturated heterocycles. The van der Waals surface area contributed by atoms with E-state index in [1.807, 2.05) is 18.2 Å². The van der Waals surface area contributed by atoms with Crippen LogP contribution in [0.15, 0.2) is 18.2 Å². The molecule has 0 spiro atoms. The Hall–Kier alpha value is -1.96. The molecule has 0 bridgehead atoms. The molecule has 1 atom stereocenters. The molecule has 2 aliphatic heterocycles. The highest BCUT2D eigenvalue weighted by molar-refractivity contribution is 7.91. The minimum atomic E-state index is -2.97. The van der Waals surface area contributed by atoms with Gasteiger partial charge in [-0.2, -0.15) is 0 Å². The summed E-state index contributed by atoms with van der Waals surface area (Å²) in [6, 6.07) is 5.30. The maximum atomic E-state index is 11.8. The molecule has 1 unspecified atom stereocenters. The van der Waals surface area contributed by atoms with Crippen molar-refractivity contribution >= 4 is 21.4 Å². The molecule has 0 radical (unpaired) electrons. The molecule has 0 aromatic heterocycles. The molecule has 3 rings (SSSR count). The number of nitrogens with one attached hydrogen (secondary N) is 2. The van der Waals surface area contributed by atoms with E-state index in [1.54, 1.807) is 0 Å². The van der Waals surface area contributed by atoms with Gasteiger partial charge in [0, 0.05) is 30.8 Å². The lowest BCUT2D eigenvalue weighted by atomic mass is 10.2. The van der Waals surface area contributed by atoms with Crippen molar-refractivity contribution in [3.05, 3.63) is 18.2 Å². The van der Waals surface area contributed by atoms with Gasteiger partial charge in [0.05, 0.1) is 11.5 Å². The van der Waals surface area contributed by atoms with Crippen molar-refractivity contribution < 1.29 is 22.7 Å². The zero-order valence-corrected chi connectivity index (χ0v) is 13.5. The molecule has 2 N–H and O–H groups in total. The summed E-state index contributed by atoms with van der Waals surface area (Å²) in [5.41, 5.74) is 0.852. The first-order valence-electron chi connectivity index (χ1n) is 7.65. The van der Waals surface area contributed by atoms with Gasteiger partial charge in [0.1, 0.15) is 13.2 Å². The molecular formula is C15H20N2O5S. The van der Waals surface area contributed by atoms with Crippen molar-refractivity contribution in [3.63, 3.8) is 0 Å². The molecule has 1 amide bonds. The van der Waals surface area contributed by atoms with Gasteiger partial charge >= 0.3 is 0 Å². The number of carbonyl (C=O) groups is 1. The Kier molecular flexibility index (Phi) is 4.61. The van der Waals surface area contributed by atoms with Crippen LogP contribution in [0, 0.1) is 0 Å². The van der Waals surface area contributed by atoms with Gasteiger partial charge in [0.25, 0.3) is 0 Å². The molecule has 126 valence electrons. The topological polar surface area (TPSA) is 93.7 Å². The molecule has 7 nitrogen and oxygen atoms in total. The summed E-state index contributed by atoms with van der Waals surface area (Å²) in [4.78, 5) is 11.8. The third-order valence-electron chi connectivity index (χ3n) is 3.82. The van der Waals surface area contributed by atoms with E-state index in [9.17, 15) is 13.2 Å². The third kappa shape index (κ3) is 4.28. The number of hydrogen-bond donors (Lipinski definition) is 2. The molecule has 0 aliphatic carbocycles. The Morgan fingerprint density at radius 2 is 2.00 bits per heavy atom. The fourth-order valence-corrected chi connectivity index (χ4v) is 4.36. The second-order valence-electron chi connectivity index (χ2n) is 5.70. The summed E-state index contributed by atoms with van der Waals surface area (Å²) >= 11 is 0. The Morgan fingerprint density at radius 1 is 1.22 bits per heavy atom. The second-order valence-corrected chi connectivity index (χ2v) is 7.93. The summed E-state index contributed by atoms with van der Waals surface area (Å²) in [6.07, 6.45) is 0.786. The van der Waals surface area contributed by atoms with Gasteiger partial charge < -0.3 is 20.1 Å². The molecule has 8 heteroatoms. The highest BCUT2D eigenvalue weighted by atomic mass is 32.2. The van der Waals surface area contributed by atoms with E-state index in [-0.39, 0.29) is 29.9 Å². The molecule has 2 heterocycles. The summed E-state index contributed by atoms with van der Waals surface area (Å²) in [6.45, 7) is 1.55. The monoisotopic (exact) mass is 340 g/mol. The lowest BCUT2D eigenvalue weighted by Crippen LogP contribution is -2.36. The van der Waals surface area contributed by atoms with E-state index in [1.165, 1.54) is 0 Å². The number of hydrogen-bond acceptors (Lipinski definition) is 6. The van der Waals surface area contributed by atoms with Gasteiger partial charge in [-0.15, -0.1) is 0 Å². The summed E-state index contributed by atoms with van der Waals surface area (Å²) < 4.78 is 33.7. The van der Waals surface area contributed by atoms with Crippen LogP contribution < -0.4 is 20.1 Å². The van der Waals surface area contributed by atoms with E-state index in [4.69, 9.17) is 9.47 Å². The van der Waals surface area contributed by atoms with Crippen molar-refractivity contribution in [1.29, 1.82) is 0 Å². The van der Waals surface area contributed by atoms with Crippen LogP contribution in [-0.4, -0.2) is 51.6 Å². The van der Waals surface area contributed by atoms with Crippen molar-refractivity contribution in [2.24, 2.45) is 0 Å². The first kappa shape index (κ1) is 15.9. The van der Waals surface area contributed by atoms with Crippen molar-refractivity contribution in [2.75, 3.05) is 36.6 Å². The number of benzene rings is 1. The maximum Gasteiger partial charge on any atom is 0.222 e. The average Bonchev–Trinajstić information content (AvgIpc) is 2.86. The minimum absolute atomic E-state index is 0.0499. The summed E-state index contributed by atoms with van der Waals surface area (Å²) in [7, 11) is -2.97. The fraction of sp³-hybridized carbons (Fsp3) is 0.533. The molecule has 0 saturated carbocycles. The van der Waals surface area contributed by atoms with Crippen LogP contribution in [0.25, 0.3) is 0 Å². The Balaban J connectivity index is 1.43. The van der Waals surface area contributed by atoms with Crippen molar-refractivity contribution in [1.82, 2.24) is 5.32 Å². The zero-order chi connectivity index (χ0) is 16.3. The van der Waals surface area contributed by atoms with E-state index in [0.717, 1.165) is 11.4 Å². The first-order chi connectivity index (χ1) is 11.0. The highest BCUT2D eigenvalue weighted by Crippen LogP contribution is 2.32. The number of carbonyl (C=O) groups excluding carboxylic acids is 1. The van der Waals surface area contributed by atoms with Crippen LogP contribution in [0.1, 0.15) is 12.8 Å². The van der Waals surface area contributed by atoms with E-state index < -0.39 is 9.84 Å². The van der Waals surface area contributed by atoms with Crippen LogP contribution in [0.3, 0.4) is 0 Å². The predicted octanol–water partition coefficient (Wildman–Crippen LogP) is 0.563. The highest BCUT2D eigenvalue weighted by Gasteiger charge is 2.28. The van der Waals surface area contributed by atoms with Crippen LogP contribution in [-0.2, 0) is 14.6 Å². The van der Waals surface area contributed by atoms with E-state index in [2.05, 4.69) is 10.6 Å². The van der Waals surface area contributed by atoms with Crippen LogP contribution in [0.5, 0.6) is 11.5 Å². The Bertz CT molecular complexity index is 689. The number of ether oxygens (including phenoxy) is 2. The maximum absolute atomic E-state index is 11.8. The van der Waals surface area contributed by atoms with Gasteiger partial charge in [-0.05, 0) is 18.6 Å². The Morgan fingerprint density at radius 3 is 2.74 bits per heavy atom. The fourth-order valence-electron chi connectivity index (χ4n) is 2.68. The number of anilines is 1. The molecule has 1 aromatic rings.